The van der Waals surface area contributed by atoms with Gasteiger partial charge in [0.05, 0.1) is 12.7 Å². The smallest absolute Gasteiger partial charge is 0.414 e. The molecule has 0 unspecified atom stereocenters. The molecule has 29 heavy (non-hydrogen) atoms. The Morgan fingerprint density at radius 3 is 2.76 bits per heavy atom. The zero-order chi connectivity index (χ0) is 20.4. The summed E-state index contributed by atoms with van der Waals surface area (Å²) in [6, 6.07) is 7.10. The second-order valence-electron chi connectivity index (χ2n) is 7.13. The third-order valence-electron chi connectivity index (χ3n) is 5.21. The summed E-state index contributed by atoms with van der Waals surface area (Å²) in [5, 5.41) is 3.24. The quantitative estimate of drug-likeness (QED) is 0.851. The fraction of sp³-hybridized carbons (Fsp3) is 0.400. The van der Waals surface area contributed by atoms with Gasteiger partial charge in [0.1, 0.15) is 12.3 Å². The van der Waals surface area contributed by atoms with Gasteiger partial charge in [0, 0.05) is 37.3 Å². The molecule has 2 aliphatic rings. The van der Waals surface area contributed by atoms with Gasteiger partial charge in [-0.15, -0.1) is 0 Å². The van der Waals surface area contributed by atoms with Crippen LogP contribution in [0.2, 0.25) is 0 Å². The summed E-state index contributed by atoms with van der Waals surface area (Å²) in [5.74, 6) is -0.123. The first-order chi connectivity index (χ1) is 14.0. The molecule has 3 heterocycles. The van der Waals surface area contributed by atoms with Crippen molar-refractivity contribution in [3.05, 3.63) is 36.3 Å². The van der Waals surface area contributed by atoms with E-state index in [1.54, 1.807) is 31.2 Å². The van der Waals surface area contributed by atoms with Crippen LogP contribution in [-0.2, 0) is 9.53 Å². The molecule has 9 heteroatoms. The lowest BCUT2D eigenvalue weighted by Gasteiger charge is -2.31. The second kappa shape index (κ2) is 8.02. The highest BCUT2D eigenvalue weighted by Crippen LogP contribution is 2.27. The van der Waals surface area contributed by atoms with Crippen LogP contribution in [0.15, 0.2) is 30.5 Å². The Kier molecular flexibility index (Phi) is 5.28. The Hall–Kier alpha value is -3.23. The zero-order valence-electron chi connectivity index (χ0n) is 16.1. The highest BCUT2D eigenvalue weighted by molar-refractivity contribution is 5.90. The van der Waals surface area contributed by atoms with Crippen molar-refractivity contribution in [3.8, 4) is 11.3 Å². The topological polar surface area (TPSA) is 87.7 Å². The molecule has 2 fully saturated rings. The number of carbonyl (C=O) groups is 2. The minimum atomic E-state index is -0.539. The Morgan fingerprint density at radius 2 is 2.07 bits per heavy atom. The first-order valence-corrected chi connectivity index (χ1v) is 9.60. The summed E-state index contributed by atoms with van der Waals surface area (Å²) in [6.45, 7) is 3.71. The summed E-state index contributed by atoms with van der Waals surface area (Å²) in [7, 11) is 0. The molecule has 2 saturated heterocycles. The Labute approximate surface area is 167 Å². The third-order valence-corrected chi connectivity index (χ3v) is 5.21. The van der Waals surface area contributed by atoms with Gasteiger partial charge in [-0.1, -0.05) is 12.1 Å². The first-order valence-electron chi connectivity index (χ1n) is 9.60. The van der Waals surface area contributed by atoms with E-state index in [0.29, 0.717) is 43.4 Å². The Bertz CT molecular complexity index is 930. The molecular formula is C20H22FN5O3. The van der Waals surface area contributed by atoms with Crippen LogP contribution >= 0.6 is 0 Å². The van der Waals surface area contributed by atoms with Crippen LogP contribution in [0, 0.1) is 5.82 Å². The minimum absolute atomic E-state index is 0.0746. The Balaban J connectivity index is 1.52. The number of likely N-dealkylation sites (tertiary alicyclic amines) is 1. The summed E-state index contributed by atoms with van der Waals surface area (Å²) >= 11 is 0. The molecule has 2 aromatic rings. The number of nitrogens with one attached hydrogen (secondary N) is 1. The van der Waals surface area contributed by atoms with Crippen molar-refractivity contribution in [1.29, 1.82) is 0 Å². The lowest BCUT2D eigenvalue weighted by molar-refractivity contribution is -0.129. The van der Waals surface area contributed by atoms with E-state index in [4.69, 9.17) is 4.74 Å². The van der Waals surface area contributed by atoms with Crippen molar-refractivity contribution in [2.24, 2.45) is 0 Å². The highest BCUT2D eigenvalue weighted by Gasteiger charge is 2.25. The van der Waals surface area contributed by atoms with E-state index in [9.17, 15) is 14.0 Å². The summed E-state index contributed by atoms with van der Waals surface area (Å²) < 4.78 is 19.4. The molecule has 2 aliphatic heterocycles. The van der Waals surface area contributed by atoms with Crippen LogP contribution in [0.3, 0.4) is 0 Å². The molecule has 4 rings (SSSR count). The molecule has 1 aromatic heterocycles. The van der Waals surface area contributed by atoms with Crippen molar-refractivity contribution in [3.63, 3.8) is 0 Å². The van der Waals surface area contributed by atoms with Gasteiger partial charge in [-0.3, -0.25) is 9.69 Å². The van der Waals surface area contributed by atoms with Crippen molar-refractivity contribution < 1.29 is 18.7 Å². The zero-order valence-corrected chi connectivity index (χ0v) is 16.1. The van der Waals surface area contributed by atoms with Crippen LogP contribution in [0.4, 0.5) is 20.8 Å². The van der Waals surface area contributed by atoms with Gasteiger partial charge in [0.25, 0.3) is 0 Å². The maximum atomic E-state index is 14.5. The number of benzene rings is 1. The molecule has 0 saturated carbocycles. The maximum Gasteiger partial charge on any atom is 0.414 e. The molecule has 0 radical (unpaired) electrons. The van der Waals surface area contributed by atoms with Crippen molar-refractivity contribution >= 4 is 23.6 Å². The van der Waals surface area contributed by atoms with Crippen LogP contribution in [0.1, 0.15) is 19.8 Å². The monoisotopic (exact) mass is 399 g/mol. The summed E-state index contributed by atoms with van der Waals surface area (Å²) in [5.41, 5.74) is 1.35. The number of halogens is 1. The summed E-state index contributed by atoms with van der Waals surface area (Å²) in [4.78, 5) is 35.0. The number of piperidine rings is 1. The maximum absolute atomic E-state index is 14.5. The van der Waals surface area contributed by atoms with Crippen molar-refractivity contribution in [1.82, 2.24) is 14.9 Å². The number of nitrogens with zero attached hydrogens (tertiary/aromatic N) is 4. The fourth-order valence-electron chi connectivity index (χ4n) is 3.61. The molecule has 2 amide bonds. The molecule has 8 nitrogen and oxygen atoms in total. The van der Waals surface area contributed by atoms with Gasteiger partial charge >= 0.3 is 6.09 Å². The minimum Gasteiger partial charge on any atom is -0.447 e. The van der Waals surface area contributed by atoms with Gasteiger partial charge in [0.2, 0.25) is 11.9 Å². The summed E-state index contributed by atoms with van der Waals surface area (Å²) in [6.07, 6.45) is 2.29. The number of amides is 2. The third kappa shape index (κ3) is 4.13. The standard InChI is InChI=1S/C20H22FN5O3/c1-13(27)25-7-5-15(6-8-25)23-19-22-12-17(21)18(24-19)14-3-2-4-16(11-14)26-9-10-29-20(26)28/h2-4,11-12,15H,5-10H2,1H3,(H,22,23,24). The first kappa shape index (κ1) is 19.1. The predicted octanol–water partition coefficient (Wildman–Crippen LogP) is 2.66. The predicted molar refractivity (Wildman–Crippen MR) is 105 cm³/mol. The molecular weight excluding hydrogens is 377 g/mol. The highest BCUT2D eigenvalue weighted by atomic mass is 19.1. The van der Waals surface area contributed by atoms with E-state index >= 15 is 0 Å². The number of hydrogen-bond acceptors (Lipinski definition) is 6. The van der Waals surface area contributed by atoms with Gasteiger partial charge in [-0.25, -0.2) is 19.2 Å². The van der Waals surface area contributed by atoms with Crippen LogP contribution in [-0.4, -0.2) is 59.2 Å². The fourth-order valence-corrected chi connectivity index (χ4v) is 3.61. The second-order valence-corrected chi connectivity index (χ2v) is 7.13. The molecule has 152 valence electrons. The molecule has 1 aromatic carbocycles. The van der Waals surface area contributed by atoms with Crippen LogP contribution in [0.25, 0.3) is 11.3 Å². The van der Waals surface area contributed by atoms with E-state index in [2.05, 4.69) is 15.3 Å². The van der Waals surface area contributed by atoms with E-state index in [1.165, 1.54) is 4.90 Å². The van der Waals surface area contributed by atoms with E-state index < -0.39 is 11.9 Å². The van der Waals surface area contributed by atoms with Crippen molar-refractivity contribution in [2.75, 3.05) is 36.5 Å². The number of rotatable bonds is 4. The Morgan fingerprint density at radius 1 is 1.28 bits per heavy atom. The van der Waals surface area contributed by atoms with Gasteiger partial charge in [0.15, 0.2) is 5.82 Å². The van der Waals surface area contributed by atoms with Crippen molar-refractivity contribution in [2.45, 2.75) is 25.8 Å². The number of hydrogen-bond donors (Lipinski definition) is 1. The average Bonchev–Trinajstić information content (AvgIpc) is 3.16. The molecule has 0 aliphatic carbocycles. The van der Waals surface area contributed by atoms with Gasteiger partial charge in [-0.2, -0.15) is 0 Å². The largest absolute Gasteiger partial charge is 0.447 e. The van der Waals surface area contributed by atoms with Gasteiger partial charge < -0.3 is 15.0 Å². The van der Waals surface area contributed by atoms with Crippen LogP contribution < -0.4 is 10.2 Å². The number of ether oxygens (including phenoxy) is 1. The number of carbonyl (C=O) groups excluding carboxylic acids is 2. The molecule has 0 bridgehead atoms. The molecule has 0 atom stereocenters. The number of anilines is 2. The van der Waals surface area contributed by atoms with E-state index in [1.807, 2.05) is 4.90 Å². The normalized spacial score (nSPS) is 17.4. The molecule has 0 spiro atoms. The average molecular weight is 399 g/mol. The van der Waals surface area contributed by atoms with E-state index in [0.717, 1.165) is 19.0 Å². The van der Waals surface area contributed by atoms with E-state index in [-0.39, 0.29) is 17.6 Å². The SMILES string of the molecule is CC(=O)N1CCC(Nc2ncc(F)c(-c3cccc(N4CCOC4=O)c3)n2)CC1. The lowest BCUT2D eigenvalue weighted by Crippen LogP contribution is -2.41. The lowest BCUT2D eigenvalue weighted by atomic mass is 10.1. The van der Waals surface area contributed by atoms with Gasteiger partial charge in [-0.05, 0) is 25.0 Å². The number of aromatic nitrogens is 2. The molecule has 1 N–H and O–H groups in total. The number of cyclic esters (lactones) is 1. The van der Waals surface area contributed by atoms with Crippen LogP contribution in [0.5, 0.6) is 0 Å².